The number of hydrogen-bond acceptors (Lipinski definition) is 2. The molecule has 2 N–H and O–H groups in total. The first-order valence-electron chi connectivity index (χ1n) is 5.89. The number of rotatable bonds is 1. The topological polar surface area (TPSA) is 46.3 Å². The molecule has 1 aromatic rings. The van der Waals surface area contributed by atoms with Crippen molar-refractivity contribution in [3.8, 4) is 0 Å². The van der Waals surface area contributed by atoms with Crippen molar-refractivity contribution >= 4 is 18.3 Å². The van der Waals surface area contributed by atoms with Crippen molar-refractivity contribution in [1.29, 1.82) is 0 Å². The summed E-state index contributed by atoms with van der Waals surface area (Å²) in [6.45, 7) is 3.05. The first-order valence-corrected chi connectivity index (χ1v) is 5.89. The van der Waals surface area contributed by atoms with Crippen LogP contribution in [-0.2, 0) is 0 Å². The second-order valence-corrected chi connectivity index (χ2v) is 4.59. The van der Waals surface area contributed by atoms with Gasteiger partial charge >= 0.3 is 0 Å². The van der Waals surface area contributed by atoms with Crippen LogP contribution in [0, 0.1) is 12.7 Å². The van der Waals surface area contributed by atoms with Gasteiger partial charge in [-0.3, -0.25) is 4.79 Å². The molecule has 0 saturated carbocycles. The quantitative estimate of drug-likeness (QED) is 0.851. The molecule has 0 radical (unpaired) electrons. The van der Waals surface area contributed by atoms with Gasteiger partial charge in [0.2, 0.25) is 0 Å². The van der Waals surface area contributed by atoms with E-state index in [9.17, 15) is 9.18 Å². The molecule has 100 valence electrons. The molecule has 1 fully saturated rings. The van der Waals surface area contributed by atoms with Crippen molar-refractivity contribution in [3.05, 3.63) is 35.1 Å². The van der Waals surface area contributed by atoms with Gasteiger partial charge in [0.1, 0.15) is 5.82 Å². The van der Waals surface area contributed by atoms with Gasteiger partial charge in [0.25, 0.3) is 5.91 Å². The van der Waals surface area contributed by atoms with E-state index in [4.69, 9.17) is 5.73 Å². The Labute approximate surface area is 113 Å². The van der Waals surface area contributed by atoms with E-state index in [0.29, 0.717) is 24.2 Å². The molecule has 0 bridgehead atoms. The molecular weight excluding hydrogens is 255 g/mol. The maximum Gasteiger partial charge on any atom is 0.253 e. The molecule has 1 aromatic carbocycles. The van der Waals surface area contributed by atoms with Gasteiger partial charge in [-0.1, -0.05) is 0 Å². The molecule has 0 aliphatic carbocycles. The van der Waals surface area contributed by atoms with Crippen LogP contribution >= 0.6 is 12.4 Å². The number of aryl methyl sites for hydroxylation is 1. The van der Waals surface area contributed by atoms with Crippen molar-refractivity contribution in [3.63, 3.8) is 0 Å². The van der Waals surface area contributed by atoms with Gasteiger partial charge in [-0.25, -0.2) is 4.39 Å². The van der Waals surface area contributed by atoms with Crippen molar-refractivity contribution < 1.29 is 9.18 Å². The summed E-state index contributed by atoms with van der Waals surface area (Å²) in [4.78, 5) is 13.9. The molecule has 0 atom stereocenters. The molecule has 18 heavy (non-hydrogen) atoms. The molecule has 1 aliphatic heterocycles. The average molecular weight is 273 g/mol. The van der Waals surface area contributed by atoms with E-state index in [1.54, 1.807) is 24.0 Å². The first-order chi connectivity index (χ1) is 8.08. The summed E-state index contributed by atoms with van der Waals surface area (Å²) in [6, 6.07) is 4.69. The van der Waals surface area contributed by atoms with Gasteiger partial charge in [-0.2, -0.15) is 0 Å². The fourth-order valence-corrected chi connectivity index (χ4v) is 2.06. The lowest BCUT2D eigenvalue weighted by molar-refractivity contribution is 0.0714. The third kappa shape index (κ3) is 3.21. The van der Waals surface area contributed by atoms with Crippen LogP contribution in [0.3, 0.4) is 0 Å². The number of carbonyl (C=O) groups excluding carboxylic acids is 1. The van der Waals surface area contributed by atoms with Crippen LogP contribution in [0.1, 0.15) is 28.8 Å². The van der Waals surface area contributed by atoms with E-state index in [-0.39, 0.29) is 30.2 Å². The number of amides is 1. The number of likely N-dealkylation sites (tertiary alicyclic amines) is 1. The van der Waals surface area contributed by atoms with Crippen LogP contribution in [0.15, 0.2) is 18.2 Å². The number of nitrogens with two attached hydrogens (primary N) is 1. The van der Waals surface area contributed by atoms with E-state index in [2.05, 4.69) is 0 Å². The SMILES string of the molecule is Cc1cc(C(=O)N2CCC(N)CC2)ccc1F.Cl. The van der Waals surface area contributed by atoms with Gasteiger partial charge in [0.05, 0.1) is 0 Å². The lowest BCUT2D eigenvalue weighted by Crippen LogP contribution is -2.42. The maximum absolute atomic E-state index is 13.1. The number of hydrogen-bond donors (Lipinski definition) is 1. The Kier molecular flexibility index (Phi) is 5.11. The maximum atomic E-state index is 13.1. The first kappa shape index (κ1) is 14.9. The second-order valence-electron chi connectivity index (χ2n) is 4.59. The molecular formula is C13H18ClFN2O. The highest BCUT2D eigenvalue weighted by molar-refractivity contribution is 5.94. The van der Waals surface area contributed by atoms with Gasteiger partial charge in [-0.15, -0.1) is 12.4 Å². The monoisotopic (exact) mass is 272 g/mol. The minimum absolute atomic E-state index is 0. The zero-order valence-electron chi connectivity index (χ0n) is 10.4. The summed E-state index contributed by atoms with van der Waals surface area (Å²) in [7, 11) is 0. The third-order valence-electron chi connectivity index (χ3n) is 3.23. The summed E-state index contributed by atoms with van der Waals surface area (Å²) >= 11 is 0. The van der Waals surface area contributed by atoms with E-state index < -0.39 is 0 Å². The highest BCUT2D eigenvalue weighted by atomic mass is 35.5. The predicted octanol–water partition coefficient (Wildman–Crippen LogP) is 2.12. The van der Waals surface area contributed by atoms with E-state index in [1.807, 2.05) is 0 Å². The normalized spacial score (nSPS) is 16.3. The van der Waals surface area contributed by atoms with Gasteiger partial charge in [-0.05, 0) is 43.5 Å². The van der Waals surface area contributed by atoms with Gasteiger partial charge in [0, 0.05) is 24.7 Å². The van der Waals surface area contributed by atoms with Crippen LogP contribution < -0.4 is 5.73 Å². The zero-order chi connectivity index (χ0) is 12.4. The minimum atomic E-state index is -0.276. The third-order valence-corrected chi connectivity index (χ3v) is 3.23. The van der Waals surface area contributed by atoms with Crippen molar-refractivity contribution in [2.45, 2.75) is 25.8 Å². The standard InChI is InChI=1S/C13H17FN2O.ClH/c1-9-8-10(2-3-12(9)14)13(17)16-6-4-11(15)5-7-16;/h2-3,8,11H,4-7,15H2,1H3;1H. The van der Waals surface area contributed by atoms with E-state index >= 15 is 0 Å². The minimum Gasteiger partial charge on any atom is -0.339 e. The van der Waals surface area contributed by atoms with Crippen molar-refractivity contribution in [2.75, 3.05) is 13.1 Å². The van der Waals surface area contributed by atoms with E-state index in [0.717, 1.165) is 12.8 Å². The molecule has 1 aliphatic rings. The van der Waals surface area contributed by atoms with Crippen molar-refractivity contribution in [2.24, 2.45) is 5.73 Å². The van der Waals surface area contributed by atoms with Gasteiger partial charge < -0.3 is 10.6 Å². The smallest absolute Gasteiger partial charge is 0.253 e. The van der Waals surface area contributed by atoms with Crippen LogP contribution in [-0.4, -0.2) is 29.9 Å². The van der Waals surface area contributed by atoms with Crippen LogP contribution in [0.2, 0.25) is 0 Å². The highest BCUT2D eigenvalue weighted by Gasteiger charge is 2.21. The highest BCUT2D eigenvalue weighted by Crippen LogP contribution is 2.15. The van der Waals surface area contributed by atoms with Crippen LogP contribution in [0.25, 0.3) is 0 Å². The molecule has 0 spiro atoms. The Morgan fingerprint density at radius 1 is 1.39 bits per heavy atom. The van der Waals surface area contributed by atoms with Crippen LogP contribution in [0.5, 0.6) is 0 Å². The number of carbonyl (C=O) groups is 1. The Morgan fingerprint density at radius 3 is 2.56 bits per heavy atom. The lowest BCUT2D eigenvalue weighted by atomic mass is 10.0. The lowest BCUT2D eigenvalue weighted by Gasteiger charge is -2.30. The Bertz CT molecular complexity index is 431. The Balaban J connectivity index is 0.00000162. The Hall–Kier alpha value is -1.13. The Morgan fingerprint density at radius 2 is 2.00 bits per heavy atom. The molecule has 0 unspecified atom stereocenters. The summed E-state index contributed by atoms with van der Waals surface area (Å²) in [5.74, 6) is -0.304. The number of benzene rings is 1. The summed E-state index contributed by atoms with van der Waals surface area (Å²) in [5.41, 5.74) is 6.85. The fraction of sp³-hybridized carbons (Fsp3) is 0.462. The largest absolute Gasteiger partial charge is 0.339 e. The molecule has 3 nitrogen and oxygen atoms in total. The molecule has 0 aromatic heterocycles. The number of piperidine rings is 1. The zero-order valence-corrected chi connectivity index (χ0v) is 11.2. The summed E-state index contributed by atoms with van der Waals surface area (Å²) < 4.78 is 13.1. The second kappa shape index (κ2) is 6.16. The molecule has 1 heterocycles. The molecule has 2 rings (SSSR count). The van der Waals surface area contributed by atoms with E-state index in [1.165, 1.54) is 6.07 Å². The molecule has 1 saturated heterocycles. The van der Waals surface area contributed by atoms with Gasteiger partial charge in [0.15, 0.2) is 0 Å². The summed E-state index contributed by atoms with van der Waals surface area (Å²) in [5, 5.41) is 0. The molecule has 1 amide bonds. The van der Waals surface area contributed by atoms with Crippen LogP contribution in [0.4, 0.5) is 4.39 Å². The van der Waals surface area contributed by atoms with Crippen molar-refractivity contribution in [1.82, 2.24) is 4.90 Å². The number of nitrogens with zero attached hydrogens (tertiary/aromatic N) is 1. The molecule has 5 heteroatoms. The number of halogens is 2. The predicted molar refractivity (Wildman–Crippen MR) is 71.5 cm³/mol. The average Bonchev–Trinajstić information content (AvgIpc) is 2.33. The fourth-order valence-electron chi connectivity index (χ4n) is 2.06. The summed E-state index contributed by atoms with van der Waals surface area (Å²) in [6.07, 6.45) is 1.68.